The third-order valence-electron chi connectivity index (χ3n) is 6.14. The van der Waals surface area contributed by atoms with Crippen molar-refractivity contribution in [3.05, 3.63) is 84.3 Å². The Morgan fingerprint density at radius 1 is 0.879 bits per heavy atom. The molecule has 2 aromatic carbocycles. The number of hydrogen-bond acceptors (Lipinski definition) is 3. The smallest absolute Gasteiger partial charge is 0.152 e. The molecule has 0 radical (unpaired) electrons. The van der Waals surface area contributed by atoms with Crippen LogP contribution in [-0.4, -0.2) is 9.97 Å². The second kappa shape index (κ2) is 8.15. The molecule has 0 saturated carbocycles. The van der Waals surface area contributed by atoms with E-state index in [1.54, 1.807) is 0 Å². The van der Waals surface area contributed by atoms with Crippen molar-refractivity contribution >= 4 is 21.9 Å². The number of rotatable bonds is 4. The average Bonchev–Trinajstić information content (AvgIpc) is 3.19. The van der Waals surface area contributed by atoms with Gasteiger partial charge in [0.2, 0.25) is 0 Å². The second-order valence-electron chi connectivity index (χ2n) is 10.3. The molecule has 0 spiro atoms. The Morgan fingerprint density at radius 3 is 2.48 bits per heavy atom. The fraction of sp³-hybridized carbons (Fsp3) is 0.267. The molecule has 0 bridgehead atoms. The average molecular weight is 435 g/mol. The Kier molecular flexibility index (Phi) is 5.28. The van der Waals surface area contributed by atoms with Crippen molar-refractivity contribution in [2.45, 2.75) is 46.5 Å². The highest BCUT2D eigenvalue weighted by Crippen LogP contribution is 2.35. The minimum atomic E-state index is 0.0356. The van der Waals surface area contributed by atoms with E-state index in [1.807, 2.05) is 30.7 Å². The molecule has 0 unspecified atom stereocenters. The van der Waals surface area contributed by atoms with Crippen molar-refractivity contribution in [2.75, 3.05) is 0 Å². The van der Waals surface area contributed by atoms with Crippen LogP contribution in [0, 0.1) is 5.92 Å². The largest absolute Gasteiger partial charge is 0.462 e. The van der Waals surface area contributed by atoms with E-state index in [9.17, 15) is 0 Å². The first-order valence-corrected chi connectivity index (χ1v) is 11.7. The molecule has 0 amide bonds. The summed E-state index contributed by atoms with van der Waals surface area (Å²) in [4.78, 5) is 9.71. The number of fused-ring (bicyclic) bond motifs is 2. The van der Waals surface area contributed by atoms with Gasteiger partial charge in [0.25, 0.3) is 0 Å². The SMILES string of the molecule is CC(C)Cc1coc2ccc(-c3ccnc(-c4cc(C(C)(C)C)c5ccccc5c4)c3)nc12. The number of benzene rings is 2. The van der Waals surface area contributed by atoms with E-state index in [0.717, 1.165) is 40.0 Å². The van der Waals surface area contributed by atoms with E-state index >= 15 is 0 Å². The lowest BCUT2D eigenvalue weighted by atomic mass is 9.82. The van der Waals surface area contributed by atoms with Gasteiger partial charge in [0.1, 0.15) is 5.52 Å². The number of hydrogen-bond donors (Lipinski definition) is 0. The Morgan fingerprint density at radius 2 is 1.70 bits per heavy atom. The molecule has 5 rings (SSSR count). The minimum Gasteiger partial charge on any atom is -0.462 e. The van der Waals surface area contributed by atoms with Gasteiger partial charge in [-0.25, -0.2) is 4.98 Å². The molecule has 0 aliphatic carbocycles. The van der Waals surface area contributed by atoms with E-state index in [-0.39, 0.29) is 5.41 Å². The quantitative estimate of drug-likeness (QED) is 0.286. The van der Waals surface area contributed by atoms with Gasteiger partial charge in [-0.3, -0.25) is 4.98 Å². The zero-order valence-corrected chi connectivity index (χ0v) is 20.0. The van der Waals surface area contributed by atoms with Crippen LogP contribution in [0.1, 0.15) is 45.7 Å². The van der Waals surface area contributed by atoms with Gasteiger partial charge in [0, 0.05) is 22.9 Å². The first-order chi connectivity index (χ1) is 15.8. The number of furan rings is 1. The summed E-state index contributed by atoms with van der Waals surface area (Å²) in [5, 5.41) is 2.54. The molecule has 3 aromatic heterocycles. The number of aromatic nitrogens is 2. The van der Waals surface area contributed by atoms with E-state index in [2.05, 4.69) is 77.1 Å². The van der Waals surface area contributed by atoms with Crippen LogP contribution in [-0.2, 0) is 11.8 Å². The van der Waals surface area contributed by atoms with Crippen LogP contribution in [0.5, 0.6) is 0 Å². The topological polar surface area (TPSA) is 38.9 Å². The molecule has 3 heterocycles. The minimum absolute atomic E-state index is 0.0356. The van der Waals surface area contributed by atoms with Gasteiger partial charge in [-0.15, -0.1) is 0 Å². The van der Waals surface area contributed by atoms with Crippen LogP contribution < -0.4 is 0 Å². The van der Waals surface area contributed by atoms with Gasteiger partial charge in [0.05, 0.1) is 17.7 Å². The molecular weight excluding hydrogens is 404 g/mol. The summed E-state index contributed by atoms with van der Waals surface area (Å²) < 4.78 is 5.74. The maximum atomic E-state index is 5.74. The Balaban J connectivity index is 1.61. The van der Waals surface area contributed by atoms with E-state index in [4.69, 9.17) is 14.4 Å². The van der Waals surface area contributed by atoms with Crippen LogP contribution in [0.2, 0.25) is 0 Å². The third-order valence-corrected chi connectivity index (χ3v) is 6.14. The summed E-state index contributed by atoms with van der Waals surface area (Å²) in [6.45, 7) is 11.2. The summed E-state index contributed by atoms with van der Waals surface area (Å²) in [6.07, 6.45) is 4.69. The highest BCUT2D eigenvalue weighted by molar-refractivity contribution is 5.91. The van der Waals surface area contributed by atoms with Gasteiger partial charge in [0.15, 0.2) is 5.58 Å². The predicted octanol–water partition coefficient (Wildman–Crippen LogP) is 8.21. The highest BCUT2D eigenvalue weighted by atomic mass is 16.3. The molecule has 5 aromatic rings. The fourth-order valence-corrected chi connectivity index (χ4v) is 4.53. The molecule has 3 heteroatoms. The summed E-state index contributed by atoms with van der Waals surface area (Å²) in [7, 11) is 0. The number of pyridine rings is 2. The molecule has 33 heavy (non-hydrogen) atoms. The Hall–Kier alpha value is -3.46. The first-order valence-electron chi connectivity index (χ1n) is 11.7. The van der Waals surface area contributed by atoms with Gasteiger partial charge < -0.3 is 4.42 Å². The lowest BCUT2D eigenvalue weighted by Gasteiger charge is -2.22. The zero-order chi connectivity index (χ0) is 23.2. The van der Waals surface area contributed by atoms with Gasteiger partial charge >= 0.3 is 0 Å². The van der Waals surface area contributed by atoms with Crippen LogP contribution in [0.4, 0.5) is 0 Å². The maximum Gasteiger partial charge on any atom is 0.152 e. The lowest BCUT2D eigenvalue weighted by Crippen LogP contribution is -2.12. The van der Waals surface area contributed by atoms with Crippen molar-refractivity contribution in [1.29, 1.82) is 0 Å². The fourth-order valence-electron chi connectivity index (χ4n) is 4.53. The summed E-state index contributed by atoms with van der Waals surface area (Å²) in [6, 6.07) is 21.4. The monoisotopic (exact) mass is 434 g/mol. The molecule has 166 valence electrons. The van der Waals surface area contributed by atoms with Gasteiger partial charge in [-0.2, -0.15) is 0 Å². The summed E-state index contributed by atoms with van der Waals surface area (Å²) >= 11 is 0. The standard InChI is InChI=1S/C30H30N2O/c1-19(2)14-23-18-33-28-11-10-26(32-29(23)28)21-12-13-31-27(17-21)22-15-20-8-6-7-9-24(20)25(16-22)30(3,4)5/h6-13,15-19H,14H2,1-5H3. The van der Waals surface area contributed by atoms with Crippen molar-refractivity contribution < 1.29 is 4.42 Å². The van der Waals surface area contributed by atoms with Crippen molar-refractivity contribution in [3.8, 4) is 22.5 Å². The normalized spacial score (nSPS) is 12.2. The molecule has 3 nitrogen and oxygen atoms in total. The third kappa shape index (κ3) is 4.16. The summed E-state index contributed by atoms with van der Waals surface area (Å²) in [5.74, 6) is 0.550. The second-order valence-corrected chi connectivity index (χ2v) is 10.3. The Bertz CT molecular complexity index is 1450. The molecule has 0 fully saturated rings. The summed E-state index contributed by atoms with van der Waals surface area (Å²) in [5.41, 5.74) is 8.42. The molecule has 0 atom stereocenters. The maximum absolute atomic E-state index is 5.74. The molecule has 0 saturated heterocycles. The van der Waals surface area contributed by atoms with Crippen molar-refractivity contribution in [2.24, 2.45) is 5.92 Å². The van der Waals surface area contributed by atoms with E-state index in [0.29, 0.717) is 5.92 Å². The lowest BCUT2D eigenvalue weighted by molar-refractivity contribution is 0.594. The molecule has 0 aliphatic rings. The van der Waals surface area contributed by atoms with E-state index < -0.39 is 0 Å². The molecule has 0 aliphatic heterocycles. The highest BCUT2D eigenvalue weighted by Gasteiger charge is 2.19. The van der Waals surface area contributed by atoms with Crippen LogP contribution in [0.15, 0.2) is 77.5 Å². The van der Waals surface area contributed by atoms with Crippen LogP contribution >= 0.6 is 0 Å². The first kappa shape index (κ1) is 21.4. The van der Waals surface area contributed by atoms with Gasteiger partial charge in [-0.1, -0.05) is 58.9 Å². The van der Waals surface area contributed by atoms with Crippen LogP contribution in [0.25, 0.3) is 44.4 Å². The predicted molar refractivity (Wildman–Crippen MR) is 137 cm³/mol. The van der Waals surface area contributed by atoms with Crippen LogP contribution in [0.3, 0.4) is 0 Å². The molecular formula is C30H30N2O. The number of nitrogens with zero attached hydrogens (tertiary/aromatic N) is 2. The zero-order valence-electron chi connectivity index (χ0n) is 20.0. The Labute approximate surface area is 195 Å². The van der Waals surface area contributed by atoms with E-state index in [1.165, 1.54) is 21.9 Å². The molecule has 0 N–H and O–H groups in total. The van der Waals surface area contributed by atoms with Crippen molar-refractivity contribution in [1.82, 2.24) is 9.97 Å². The van der Waals surface area contributed by atoms with Gasteiger partial charge in [-0.05, 0) is 70.5 Å². The van der Waals surface area contributed by atoms with Crippen molar-refractivity contribution in [3.63, 3.8) is 0 Å².